The van der Waals surface area contributed by atoms with Crippen LogP contribution in [0.1, 0.15) is 49.8 Å². The molecular weight excluding hydrogens is 425 g/mol. The maximum atomic E-state index is 14.5. The van der Waals surface area contributed by atoms with Crippen molar-refractivity contribution in [3.05, 3.63) is 34.9 Å². The maximum Gasteiger partial charge on any atom is 0.420 e. The summed E-state index contributed by atoms with van der Waals surface area (Å²) in [6.07, 6.45) is -5.70. The van der Waals surface area contributed by atoms with Crippen LogP contribution in [-0.4, -0.2) is 54.7 Å². The average Bonchev–Trinajstić information content (AvgIpc) is 3.13. The van der Waals surface area contributed by atoms with Crippen LogP contribution in [-0.2, 0) is 9.22 Å². The topological polar surface area (TPSA) is 73.6 Å². The molecule has 170 valence electrons. The minimum Gasteiger partial charge on any atom is -0.412 e. The number of hydrogen-bond donors (Lipinski definition) is 1. The molecule has 2 heterocycles. The molecule has 31 heavy (non-hydrogen) atoms. The van der Waals surface area contributed by atoms with Crippen LogP contribution in [0.25, 0.3) is 0 Å². The molecular formula is C22H29F3N2O3Si. The van der Waals surface area contributed by atoms with Crippen LogP contribution >= 0.6 is 0 Å². The van der Waals surface area contributed by atoms with Gasteiger partial charge in [-0.05, 0) is 54.7 Å². The molecule has 0 saturated carbocycles. The molecule has 2 aliphatic rings. The van der Waals surface area contributed by atoms with Crippen molar-refractivity contribution in [3.8, 4) is 6.07 Å². The predicted molar refractivity (Wildman–Crippen MR) is 112 cm³/mol. The lowest BCUT2D eigenvalue weighted by Gasteiger charge is -2.43. The summed E-state index contributed by atoms with van der Waals surface area (Å²) in [5.41, 5.74) is -2.55. The van der Waals surface area contributed by atoms with Crippen molar-refractivity contribution in [3.63, 3.8) is 0 Å². The molecule has 2 aliphatic heterocycles. The van der Waals surface area contributed by atoms with Gasteiger partial charge in [-0.2, -0.15) is 18.4 Å². The number of hydrogen-bond acceptors (Lipinski definition) is 4. The Morgan fingerprint density at radius 1 is 1.29 bits per heavy atom. The zero-order valence-electron chi connectivity index (χ0n) is 18.7. The number of fused-ring (bicyclic) bond motifs is 1. The molecule has 0 bridgehead atoms. The minimum absolute atomic E-state index is 0.0873. The quantitative estimate of drug-likeness (QED) is 0.693. The van der Waals surface area contributed by atoms with Crippen molar-refractivity contribution in [2.24, 2.45) is 0 Å². The Kier molecular flexibility index (Phi) is 5.61. The lowest BCUT2D eigenvalue weighted by atomic mass is 9.76. The molecule has 2 fully saturated rings. The number of nitrogens with zero attached hydrogens (tertiary/aromatic N) is 2. The van der Waals surface area contributed by atoms with Gasteiger partial charge in [-0.1, -0.05) is 26.8 Å². The molecule has 1 unspecified atom stereocenters. The number of aliphatic hydroxyl groups is 1. The predicted octanol–water partition coefficient (Wildman–Crippen LogP) is 4.25. The fourth-order valence-corrected chi connectivity index (χ4v) is 5.86. The largest absolute Gasteiger partial charge is 0.420 e. The number of amides is 1. The van der Waals surface area contributed by atoms with Gasteiger partial charge in [0, 0.05) is 6.54 Å². The number of halogens is 3. The van der Waals surface area contributed by atoms with Crippen LogP contribution in [0.5, 0.6) is 0 Å². The van der Waals surface area contributed by atoms with Crippen LogP contribution in [0.4, 0.5) is 13.2 Å². The van der Waals surface area contributed by atoms with E-state index in [0.717, 1.165) is 4.90 Å². The minimum atomic E-state index is -5.05. The molecule has 1 amide bonds. The third-order valence-corrected chi connectivity index (χ3v) is 11.7. The van der Waals surface area contributed by atoms with Crippen molar-refractivity contribution < 1.29 is 27.5 Å². The van der Waals surface area contributed by atoms with Gasteiger partial charge in [0.25, 0.3) is 0 Å². The van der Waals surface area contributed by atoms with Crippen molar-refractivity contribution in [2.75, 3.05) is 6.54 Å². The lowest BCUT2D eigenvalue weighted by Crippen LogP contribution is -2.61. The number of carbonyl (C=O) groups is 1. The molecule has 0 aliphatic carbocycles. The van der Waals surface area contributed by atoms with E-state index in [1.54, 1.807) is 6.92 Å². The number of rotatable bonds is 3. The highest BCUT2D eigenvalue weighted by Gasteiger charge is 2.75. The van der Waals surface area contributed by atoms with E-state index in [1.807, 2.05) is 39.9 Å². The summed E-state index contributed by atoms with van der Waals surface area (Å²) in [5, 5.41) is 20.1. The van der Waals surface area contributed by atoms with Crippen LogP contribution in [0.15, 0.2) is 18.2 Å². The van der Waals surface area contributed by atoms with Crippen LogP contribution < -0.4 is 0 Å². The Morgan fingerprint density at radius 2 is 1.90 bits per heavy atom. The SMILES string of the molecule is Cc1cc(C#N)ccc1C1C(=O)N2CC[C@H](O[Si](C)(C)C(C)(C)C)[C@H]2[C@@]1(O)C(F)(F)F. The Bertz CT molecular complexity index is 935. The first-order chi connectivity index (χ1) is 14.1. The van der Waals surface area contributed by atoms with Gasteiger partial charge in [0.15, 0.2) is 13.9 Å². The normalized spacial score (nSPS) is 29.3. The van der Waals surface area contributed by atoms with E-state index >= 15 is 0 Å². The lowest BCUT2D eigenvalue weighted by molar-refractivity contribution is -0.276. The molecule has 3 rings (SSSR count). The fraction of sp³-hybridized carbons (Fsp3) is 0.636. The van der Waals surface area contributed by atoms with Gasteiger partial charge in [0.2, 0.25) is 5.91 Å². The van der Waals surface area contributed by atoms with Crippen LogP contribution in [0, 0.1) is 18.3 Å². The summed E-state index contributed by atoms with van der Waals surface area (Å²) >= 11 is 0. The van der Waals surface area contributed by atoms with E-state index in [9.17, 15) is 23.1 Å². The monoisotopic (exact) mass is 454 g/mol. The van der Waals surface area contributed by atoms with E-state index < -0.39 is 44.1 Å². The Labute approximate surface area is 181 Å². The highest BCUT2D eigenvalue weighted by molar-refractivity contribution is 6.74. The Balaban J connectivity index is 2.11. The summed E-state index contributed by atoms with van der Waals surface area (Å²) in [6.45, 7) is 11.5. The van der Waals surface area contributed by atoms with Crippen molar-refractivity contribution in [1.29, 1.82) is 5.26 Å². The Hall–Kier alpha value is -1.89. The summed E-state index contributed by atoms with van der Waals surface area (Å²) in [7, 11) is -2.45. The van der Waals surface area contributed by atoms with Crippen LogP contribution in [0.2, 0.25) is 18.1 Å². The number of aryl methyl sites for hydroxylation is 1. The smallest absolute Gasteiger partial charge is 0.412 e. The number of alkyl halides is 3. The van der Waals surface area contributed by atoms with Crippen molar-refractivity contribution >= 4 is 14.2 Å². The fourth-order valence-electron chi connectivity index (χ4n) is 4.51. The van der Waals surface area contributed by atoms with Crippen molar-refractivity contribution in [2.45, 2.75) is 82.1 Å². The average molecular weight is 455 g/mol. The highest BCUT2D eigenvalue weighted by atomic mass is 28.4. The third kappa shape index (κ3) is 3.58. The third-order valence-electron chi connectivity index (χ3n) is 7.18. The summed E-state index contributed by atoms with van der Waals surface area (Å²) < 4.78 is 49.8. The van der Waals surface area contributed by atoms with Gasteiger partial charge in [0.1, 0.15) is 5.92 Å². The number of benzene rings is 1. The second-order valence-corrected chi connectivity index (χ2v) is 14.9. The van der Waals surface area contributed by atoms with Gasteiger partial charge in [-0.25, -0.2) is 0 Å². The molecule has 9 heteroatoms. The van der Waals surface area contributed by atoms with E-state index in [1.165, 1.54) is 18.2 Å². The zero-order chi connectivity index (χ0) is 23.6. The van der Waals surface area contributed by atoms with E-state index in [4.69, 9.17) is 9.69 Å². The molecule has 0 radical (unpaired) electrons. The summed E-state index contributed by atoms with van der Waals surface area (Å²) in [5.74, 6) is -2.55. The molecule has 0 spiro atoms. The highest BCUT2D eigenvalue weighted by Crippen LogP contribution is 2.55. The first-order valence-corrected chi connectivity index (χ1v) is 13.2. The molecule has 5 nitrogen and oxygen atoms in total. The van der Waals surface area contributed by atoms with Gasteiger partial charge >= 0.3 is 6.18 Å². The molecule has 4 atom stereocenters. The van der Waals surface area contributed by atoms with Crippen molar-refractivity contribution in [1.82, 2.24) is 4.90 Å². The standard InChI is InChI=1S/C22H29F3N2O3Si/c1-13-11-14(12-26)7-8-15(13)17-19(28)27-10-9-16(30-31(5,6)20(2,3)4)18(27)21(17,29)22(23,24)25/h7-8,11,16-18,29H,9-10H2,1-6H3/t16-,17?,18-,21+/m0/s1. The number of carbonyl (C=O) groups excluding carboxylic acids is 1. The maximum absolute atomic E-state index is 14.5. The zero-order valence-corrected chi connectivity index (χ0v) is 19.7. The van der Waals surface area contributed by atoms with E-state index in [2.05, 4.69) is 0 Å². The van der Waals surface area contributed by atoms with E-state index in [0.29, 0.717) is 5.56 Å². The molecule has 0 aromatic heterocycles. The number of nitriles is 1. The molecule has 1 aromatic rings. The van der Waals surface area contributed by atoms with Crippen LogP contribution in [0.3, 0.4) is 0 Å². The molecule has 2 saturated heterocycles. The molecule has 1 N–H and O–H groups in total. The first-order valence-electron chi connectivity index (χ1n) is 10.3. The second-order valence-electron chi connectivity index (χ2n) is 10.1. The second kappa shape index (κ2) is 7.32. The first kappa shape index (κ1) is 23.8. The van der Waals surface area contributed by atoms with Gasteiger partial charge in [0.05, 0.1) is 23.8 Å². The van der Waals surface area contributed by atoms with E-state index in [-0.39, 0.29) is 29.1 Å². The summed E-state index contributed by atoms with van der Waals surface area (Å²) in [6, 6.07) is 4.59. The van der Waals surface area contributed by atoms with Gasteiger partial charge < -0.3 is 14.4 Å². The van der Waals surface area contributed by atoms with Gasteiger partial charge in [-0.15, -0.1) is 0 Å². The molecule has 1 aromatic carbocycles. The Morgan fingerprint density at radius 3 is 2.39 bits per heavy atom. The summed E-state index contributed by atoms with van der Waals surface area (Å²) in [4.78, 5) is 14.4. The van der Waals surface area contributed by atoms with Gasteiger partial charge in [-0.3, -0.25) is 4.79 Å².